The summed E-state index contributed by atoms with van der Waals surface area (Å²) in [6, 6.07) is 0. The first kappa shape index (κ1) is 11.9. The quantitative estimate of drug-likeness (QED) is 0.751. The van der Waals surface area contributed by atoms with Crippen LogP contribution in [0.1, 0.15) is 55.3 Å². The summed E-state index contributed by atoms with van der Waals surface area (Å²) in [4.78, 5) is 12.4. The van der Waals surface area contributed by atoms with Crippen LogP contribution in [0.5, 0.6) is 0 Å². The van der Waals surface area contributed by atoms with Crippen LogP contribution in [-0.2, 0) is 7.05 Å². The zero-order chi connectivity index (χ0) is 12.5. The van der Waals surface area contributed by atoms with E-state index in [0.29, 0.717) is 5.78 Å². The van der Waals surface area contributed by atoms with E-state index in [2.05, 4.69) is 5.10 Å². The van der Waals surface area contributed by atoms with Gasteiger partial charge in [-0.1, -0.05) is 25.7 Å². The molecule has 0 N–H and O–H groups in total. The molecule has 0 saturated heterocycles. The molecule has 3 atom stereocenters. The molecule has 2 fully saturated rings. The molecule has 2 saturated carbocycles. The van der Waals surface area contributed by atoms with E-state index in [4.69, 9.17) is 0 Å². The number of rotatable bonds is 2. The second kappa shape index (κ2) is 4.87. The van der Waals surface area contributed by atoms with Gasteiger partial charge in [0.05, 0.1) is 11.8 Å². The van der Waals surface area contributed by atoms with Crippen molar-refractivity contribution in [2.24, 2.45) is 24.8 Å². The van der Waals surface area contributed by atoms with Crippen molar-refractivity contribution in [1.29, 1.82) is 0 Å². The molecular weight excluding hydrogens is 224 g/mol. The van der Waals surface area contributed by atoms with Gasteiger partial charge in [0.1, 0.15) is 0 Å². The van der Waals surface area contributed by atoms with Crippen LogP contribution < -0.4 is 0 Å². The highest BCUT2D eigenvalue weighted by atomic mass is 16.1. The predicted molar refractivity (Wildman–Crippen MR) is 70.3 cm³/mol. The normalized spacial score (nSPS) is 31.9. The molecule has 2 aliphatic rings. The van der Waals surface area contributed by atoms with Crippen LogP contribution in [0.4, 0.5) is 0 Å². The Balaban J connectivity index is 1.68. The lowest BCUT2D eigenvalue weighted by atomic mass is 9.66. The summed E-state index contributed by atoms with van der Waals surface area (Å²) < 4.78 is 1.72. The number of hydrogen-bond donors (Lipinski definition) is 0. The first-order valence-electron chi connectivity index (χ1n) is 7.27. The lowest BCUT2D eigenvalue weighted by molar-refractivity contribution is 0.0763. The Morgan fingerprint density at radius 2 is 2.00 bits per heavy atom. The summed E-state index contributed by atoms with van der Waals surface area (Å²) in [6.45, 7) is 0. The number of carbonyl (C=O) groups excluding carboxylic acids is 1. The molecule has 0 aromatic carbocycles. The highest BCUT2D eigenvalue weighted by Gasteiger charge is 2.35. The van der Waals surface area contributed by atoms with Crippen molar-refractivity contribution in [3.63, 3.8) is 0 Å². The standard InChI is InChI=1S/C15H22N2O/c1-17-10-14(9-16-17)15(18)13-7-6-11-4-2-3-5-12(11)8-13/h9-13H,2-8H2,1H3. The van der Waals surface area contributed by atoms with Crippen LogP contribution in [0.25, 0.3) is 0 Å². The molecule has 1 heterocycles. The number of aromatic nitrogens is 2. The molecule has 0 radical (unpaired) electrons. The second-order valence-electron chi connectivity index (χ2n) is 6.08. The number of Topliss-reactive ketones (excluding diaryl/α,β-unsaturated/α-hetero) is 1. The fraction of sp³-hybridized carbons (Fsp3) is 0.733. The molecule has 0 amide bonds. The maximum Gasteiger partial charge on any atom is 0.169 e. The minimum atomic E-state index is 0.258. The maximum absolute atomic E-state index is 12.4. The van der Waals surface area contributed by atoms with Crippen LogP contribution in [0.2, 0.25) is 0 Å². The van der Waals surface area contributed by atoms with Gasteiger partial charge in [-0.25, -0.2) is 0 Å². The lowest BCUT2D eigenvalue weighted by Crippen LogP contribution is -2.31. The largest absolute Gasteiger partial charge is 0.294 e. The van der Waals surface area contributed by atoms with Gasteiger partial charge in [0, 0.05) is 19.2 Å². The average molecular weight is 246 g/mol. The van der Waals surface area contributed by atoms with Crippen molar-refractivity contribution in [1.82, 2.24) is 9.78 Å². The molecule has 98 valence electrons. The summed E-state index contributed by atoms with van der Waals surface area (Å²) >= 11 is 0. The highest BCUT2D eigenvalue weighted by Crippen LogP contribution is 2.43. The van der Waals surface area contributed by atoms with E-state index in [1.807, 2.05) is 13.2 Å². The molecule has 3 nitrogen and oxygen atoms in total. The van der Waals surface area contributed by atoms with Gasteiger partial charge >= 0.3 is 0 Å². The molecule has 3 heteroatoms. The predicted octanol–water partition coefficient (Wildman–Crippen LogP) is 3.21. The third-order valence-corrected chi connectivity index (χ3v) is 4.90. The van der Waals surface area contributed by atoms with Crippen molar-refractivity contribution < 1.29 is 4.79 Å². The monoisotopic (exact) mass is 246 g/mol. The molecular formula is C15H22N2O. The van der Waals surface area contributed by atoms with E-state index in [1.54, 1.807) is 10.9 Å². The Morgan fingerprint density at radius 1 is 1.22 bits per heavy atom. The van der Waals surface area contributed by atoms with E-state index in [9.17, 15) is 4.79 Å². The van der Waals surface area contributed by atoms with Gasteiger partial charge in [-0.2, -0.15) is 5.10 Å². The SMILES string of the molecule is Cn1cc(C(=O)C2CCC3CCCCC3C2)cn1. The van der Waals surface area contributed by atoms with E-state index < -0.39 is 0 Å². The van der Waals surface area contributed by atoms with Gasteiger partial charge in [0.25, 0.3) is 0 Å². The molecule has 1 aromatic heterocycles. The summed E-state index contributed by atoms with van der Waals surface area (Å²) in [5, 5.41) is 4.11. The zero-order valence-corrected chi connectivity index (χ0v) is 11.1. The van der Waals surface area contributed by atoms with Crippen LogP contribution >= 0.6 is 0 Å². The number of ketones is 1. The molecule has 3 rings (SSSR count). The fourth-order valence-corrected chi connectivity index (χ4v) is 3.90. The second-order valence-corrected chi connectivity index (χ2v) is 6.08. The van der Waals surface area contributed by atoms with Crippen molar-refractivity contribution in [3.8, 4) is 0 Å². The Bertz CT molecular complexity index is 437. The molecule has 0 spiro atoms. The van der Waals surface area contributed by atoms with Crippen LogP contribution in [-0.4, -0.2) is 15.6 Å². The van der Waals surface area contributed by atoms with Gasteiger partial charge in [-0.15, -0.1) is 0 Å². The highest BCUT2D eigenvalue weighted by molar-refractivity contribution is 5.97. The lowest BCUT2D eigenvalue weighted by Gasteiger charge is -2.38. The molecule has 3 unspecified atom stereocenters. The van der Waals surface area contributed by atoms with E-state index >= 15 is 0 Å². The molecule has 2 aliphatic carbocycles. The molecule has 18 heavy (non-hydrogen) atoms. The van der Waals surface area contributed by atoms with Crippen LogP contribution in [0.3, 0.4) is 0 Å². The first-order chi connectivity index (χ1) is 8.74. The van der Waals surface area contributed by atoms with E-state index in [1.165, 1.54) is 32.1 Å². The average Bonchev–Trinajstić information content (AvgIpc) is 2.84. The minimum absolute atomic E-state index is 0.258. The van der Waals surface area contributed by atoms with E-state index in [-0.39, 0.29) is 5.92 Å². The smallest absolute Gasteiger partial charge is 0.169 e. The van der Waals surface area contributed by atoms with Crippen molar-refractivity contribution in [2.45, 2.75) is 44.9 Å². The number of carbonyl (C=O) groups is 1. The number of fused-ring (bicyclic) bond motifs is 1. The van der Waals surface area contributed by atoms with Gasteiger partial charge < -0.3 is 0 Å². The number of hydrogen-bond acceptors (Lipinski definition) is 2. The van der Waals surface area contributed by atoms with Gasteiger partial charge in [0.15, 0.2) is 5.78 Å². The third-order valence-electron chi connectivity index (χ3n) is 4.90. The van der Waals surface area contributed by atoms with Crippen LogP contribution in [0, 0.1) is 17.8 Å². The molecule has 0 bridgehead atoms. The van der Waals surface area contributed by atoms with Crippen molar-refractivity contribution in [2.75, 3.05) is 0 Å². The van der Waals surface area contributed by atoms with Gasteiger partial charge in [-0.05, 0) is 31.1 Å². The zero-order valence-electron chi connectivity index (χ0n) is 11.1. The summed E-state index contributed by atoms with van der Waals surface area (Å²) in [6.07, 6.45) is 12.6. The maximum atomic E-state index is 12.4. The Morgan fingerprint density at radius 3 is 2.72 bits per heavy atom. The Kier molecular flexibility index (Phi) is 3.23. The van der Waals surface area contributed by atoms with Crippen molar-refractivity contribution >= 4 is 5.78 Å². The molecule has 0 aliphatic heterocycles. The van der Waals surface area contributed by atoms with Gasteiger partial charge in [-0.3, -0.25) is 9.48 Å². The summed E-state index contributed by atoms with van der Waals surface area (Å²) in [5.41, 5.74) is 0.803. The van der Waals surface area contributed by atoms with E-state index in [0.717, 1.165) is 30.2 Å². The third kappa shape index (κ3) is 2.23. The molecule has 1 aromatic rings. The topological polar surface area (TPSA) is 34.9 Å². The Hall–Kier alpha value is -1.12. The van der Waals surface area contributed by atoms with Gasteiger partial charge in [0.2, 0.25) is 0 Å². The van der Waals surface area contributed by atoms with Crippen molar-refractivity contribution in [3.05, 3.63) is 18.0 Å². The Labute approximate surface area is 109 Å². The fourth-order valence-electron chi connectivity index (χ4n) is 3.90. The minimum Gasteiger partial charge on any atom is -0.294 e. The number of nitrogens with zero attached hydrogens (tertiary/aromatic N) is 2. The number of aryl methyl sites for hydroxylation is 1. The summed E-state index contributed by atoms with van der Waals surface area (Å²) in [7, 11) is 1.87. The first-order valence-corrected chi connectivity index (χ1v) is 7.27. The summed E-state index contributed by atoms with van der Waals surface area (Å²) in [5.74, 6) is 2.32. The van der Waals surface area contributed by atoms with Crippen LogP contribution in [0.15, 0.2) is 12.4 Å².